The molecule has 0 unspecified atom stereocenters. The molecule has 4 heteroatoms. The van der Waals surface area contributed by atoms with Crippen molar-refractivity contribution in [3.63, 3.8) is 0 Å². The number of anilines is 2. The average Bonchev–Trinajstić information content (AvgIpc) is 3.22. The molecule has 2 aliphatic rings. The number of amides is 1. The molecule has 0 radical (unpaired) electrons. The fourth-order valence-electron chi connectivity index (χ4n) is 2.18. The fraction of sp³-hybridized carbons (Fsp3) is 0.500. The van der Waals surface area contributed by atoms with Crippen molar-refractivity contribution in [3.05, 3.63) is 24.3 Å². The Labute approximate surface area is 107 Å². The maximum Gasteiger partial charge on any atom is 0.414 e. The van der Waals surface area contributed by atoms with Crippen LogP contribution in [0.4, 0.5) is 16.2 Å². The van der Waals surface area contributed by atoms with Crippen molar-refractivity contribution in [3.8, 4) is 0 Å². The van der Waals surface area contributed by atoms with Crippen LogP contribution in [0.3, 0.4) is 0 Å². The second-order valence-electron chi connectivity index (χ2n) is 4.97. The van der Waals surface area contributed by atoms with Crippen molar-refractivity contribution >= 4 is 17.5 Å². The van der Waals surface area contributed by atoms with Crippen LogP contribution >= 0.6 is 0 Å². The van der Waals surface area contributed by atoms with Gasteiger partial charge in [-0.25, -0.2) is 4.79 Å². The van der Waals surface area contributed by atoms with Crippen molar-refractivity contribution in [2.45, 2.75) is 19.3 Å². The van der Waals surface area contributed by atoms with Gasteiger partial charge in [0.1, 0.15) is 0 Å². The monoisotopic (exact) mass is 246 g/mol. The standard InChI is InChI=1S/C14H18N2O2/c17-14(18-10-11-6-7-11)16-9-3-8-15-12-4-1-2-5-13(12)16/h1-2,4-5,11,15H,3,6-10H2. The molecule has 1 aliphatic heterocycles. The predicted molar refractivity (Wildman–Crippen MR) is 71.0 cm³/mol. The van der Waals surface area contributed by atoms with Gasteiger partial charge in [-0.15, -0.1) is 0 Å². The van der Waals surface area contributed by atoms with Gasteiger partial charge in [-0.05, 0) is 37.3 Å². The third-order valence-corrected chi connectivity index (χ3v) is 3.43. The van der Waals surface area contributed by atoms with Crippen LogP contribution < -0.4 is 10.2 Å². The molecular weight excluding hydrogens is 228 g/mol. The molecule has 4 nitrogen and oxygen atoms in total. The third kappa shape index (κ3) is 2.42. The van der Waals surface area contributed by atoms with E-state index in [-0.39, 0.29) is 6.09 Å². The van der Waals surface area contributed by atoms with Crippen LogP contribution in [-0.2, 0) is 4.74 Å². The lowest BCUT2D eigenvalue weighted by molar-refractivity contribution is 0.148. The van der Waals surface area contributed by atoms with E-state index in [9.17, 15) is 4.79 Å². The number of carbonyl (C=O) groups excluding carboxylic acids is 1. The van der Waals surface area contributed by atoms with Crippen LogP contribution in [0.25, 0.3) is 0 Å². The number of nitrogens with one attached hydrogen (secondary N) is 1. The summed E-state index contributed by atoms with van der Waals surface area (Å²) in [6.07, 6.45) is 3.13. The number of para-hydroxylation sites is 2. The van der Waals surface area contributed by atoms with Crippen LogP contribution in [0.15, 0.2) is 24.3 Å². The SMILES string of the molecule is O=C(OCC1CC1)N1CCCNc2ccccc21. The highest BCUT2D eigenvalue weighted by molar-refractivity contribution is 5.92. The maximum atomic E-state index is 12.1. The van der Waals surface area contributed by atoms with Crippen LogP contribution in [0, 0.1) is 5.92 Å². The van der Waals surface area contributed by atoms with Gasteiger partial charge in [0.15, 0.2) is 0 Å². The summed E-state index contributed by atoms with van der Waals surface area (Å²) in [5.74, 6) is 0.606. The molecule has 1 N–H and O–H groups in total. The van der Waals surface area contributed by atoms with E-state index in [4.69, 9.17) is 4.74 Å². The normalized spacial score (nSPS) is 18.6. The molecule has 1 amide bonds. The van der Waals surface area contributed by atoms with Gasteiger partial charge in [-0.3, -0.25) is 4.90 Å². The highest BCUT2D eigenvalue weighted by Crippen LogP contribution is 2.31. The van der Waals surface area contributed by atoms with Crippen molar-refractivity contribution in [1.82, 2.24) is 0 Å². The van der Waals surface area contributed by atoms with Crippen molar-refractivity contribution in [1.29, 1.82) is 0 Å². The second-order valence-corrected chi connectivity index (χ2v) is 4.97. The summed E-state index contributed by atoms with van der Waals surface area (Å²) in [4.78, 5) is 13.9. The molecule has 1 aromatic rings. The molecule has 1 aromatic carbocycles. The summed E-state index contributed by atoms with van der Waals surface area (Å²) in [6.45, 7) is 2.18. The van der Waals surface area contributed by atoms with Crippen LogP contribution in [-0.4, -0.2) is 25.8 Å². The lowest BCUT2D eigenvalue weighted by atomic mass is 10.2. The molecule has 1 heterocycles. The zero-order valence-corrected chi connectivity index (χ0v) is 10.4. The number of rotatable bonds is 2. The highest BCUT2D eigenvalue weighted by Gasteiger charge is 2.26. The highest BCUT2D eigenvalue weighted by atomic mass is 16.6. The van der Waals surface area contributed by atoms with E-state index in [1.807, 2.05) is 24.3 Å². The maximum absolute atomic E-state index is 12.1. The molecule has 18 heavy (non-hydrogen) atoms. The quantitative estimate of drug-likeness (QED) is 0.872. The van der Waals surface area contributed by atoms with Gasteiger partial charge in [0, 0.05) is 13.1 Å². The third-order valence-electron chi connectivity index (χ3n) is 3.43. The van der Waals surface area contributed by atoms with E-state index in [1.54, 1.807) is 4.90 Å². The molecular formula is C14H18N2O2. The Bertz CT molecular complexity index is 443. The minimum absolute atomic E-state index is 0.210. The van der Waals surface area contributed by atoms with Crippen molar-refractivity contribution < 1.29 is 9.53 Å². The molecule has 0 atom stereocenters. The number of carbonyl (C=O) groups is 1. The first kappa shape index (κ1) is 11.4. The lowest BCUT2D eigenvalue weighted by Gasteiger charge is -2.21. The fourth-order valence-corrected chi connectivity index (χ4v) is 2.18. The Balaban J connectivity index is 1.75. The van der Waals surface area contributed by atoms with E-state index in [0.29, 0.717) is 19.1 Å². The van der Waals surface area contributed by atoms with Crippen LogP contribution in [0.1, 0.15) is 19.3 Å². The van der Waals surface area contributed by atoms with Gasteiger partial charge in [0.2, 0.25) is 0 Å². The molecule has 3 rings (SSSR count). The number of ether oxygens (including phenoxy) is 1. The minimum atomic E-state index is -0.210. The van der Waals surface area contributed by atoms with E-state index in [1.165, 1.54) is 12.8 Å². The van der Waals surface area contributed by atoms with E-state index < -0.39 is 0 Å². The van der Waals surface area contributed by atoms with Gasteiger partial charge < -0.3 is 10.1 Å². The van der Waals surface area contributed by atoms with Gasteiger partial charge in [0.25, 0.3) is 0 Å². The Hall–Kier alpha value is -1.71. The molecule has 1 saturated carbocycles. The first-order valence-electron chi connectivity index (χ1n) is 6.62. The first-order chi connectivity index (χ1) is 8.84. The van der Waals surface area contributed by atoms with E-state index >= 15 is 0 Å². The van der Waals surface area contributed by atoms with Crippen molar-refractivity contribution in [2.24, 2.45) is 5.92 Å². The Kier molecular flexibility index (Phi) is 3.09. The summed E-state index contributed by atoms with van der Waals surface area (Å²) < 4.78 is 5.38. The molecule has 0 bridgehead atoms. The van der Waals surface area contributed by atoms with Crippen LogP contribution in [0.5, 0.6) is 0 Å². The van der Waals surface area contributed by atoms with Gasteiger partial charge in [-0.1, -0.05) is 12.1 Å². The van der Waals surface area contributed by atoms with E-state index in [2.05, 4.69) is 5.32 Å². The Morgan fingerprint density at radius 1 is 1.39 bits per heavy atom. The van der Waals surface area contributed by atoms with Gasteiger partial charge >= 0.3 is 6.09 Å². The summed E-state index contributed by atoms with van der Waals surface area (Å²) in [7, 11) is 0. The lowest BCUT2D eigenvalue weighted by Crippen LogP contribution is -2.32. The largest absolute Gasteiger partial charge is 0.449 e. The molecule has 1 aliphatic carbocycles. The molecule has 1 fully saturated rings. The minimum Gasteiger partial charge on any atom is -0.449 e. The Morgan fingerprint density at radius 2 is 2.22 bits per heavy atom. The second kappa shape index (κ2) is 4.88. The summed E-state index contributed by atoms with van der Waals surface area (Å²) in [5.41, 5.74) is 1.94. The molecule has 0 saturated heterocycles. The first-order valence-corrected chi connectivity index (χ1v) is 6.62. The topological polar surface area (TPSA) is 41.6 Å². The smallest absolute Gasteiger partial charge is 0.414 e. The van der Waals surface area contributed by atoms with E-state index in [0.717, 1.165) is 24.3 Å². The number of hydrogen-bond acceptors (Lipinski definition) is 3. The average molecular weight is 246 g/mol. The summed E-state index contributed by atoms with van der Waals surface area (Å²) in [6, 6.07) is 7.89. The molecule has 96 valence electrons. The summed E-state index contributed by atoms with van der Waals surface area (Å²) in [5, 5.41) is 3.34. The number of nitrogens with zero attached hydrogens (tertiary/aromatic N) is 1. The Morgan fingerprint density at radius 3 is 3.06 bits per heavy atom. The van der Waals surface area contributed by atoms with Crippen molar-refractivity contribution in [2.75, 3.05) is 29.9 Å². The molecule has 0 spiro atoms. The van der Waals surface area contributed by atoms with Crippen LogP contribution in [0.2, 0.25) is 0 Å². The van der Waals surface area contributed by atoms with Gasteiger partial charge in [-0.2, -0.15) is 0 Å². The number of fused-ring (bicyclic) bond motifs is 1. The number of hydrogen-bond donors (Lipinski definition) is 1. The van der Waals surface area contributed by atoms with Gasteiger partial charge in [0.05, 0.1) is 18.0 Å². The predicted octanol–water partition coefficient (Wildman–Crippen LogP) is 2.86. The zero-order valence-electron chi connectivity index (χ0n) is 10.4. The number of benzene rings is 1. The molecule has 0 aromatic heterocycles. The zero-order chi connectivity index (χ0) is 12.4. The summed E-state index contributed by atoms with van der Waals surface area (Å²) >= 11 is 0.